The molecule has 0 saturated heterocycles. The maximum absolute atomic E-state index is 4.31. The molecule has 1 heterocycles. The van der Waals surface area contributed by atoms with Crippen molar-refractivity contribution in [2.75, 3.05) is 5.32 Å². The Morgan fingerprint density at radius 1 is 1.40 bits per heavy atom. The molecule has 0 radical (unpaired) electrons. The zero-order valence-corrected chi connectivity index (χ0v) is 9.66. The molecule has 2 rings (SSSR count). The molecule has 2 unspecified atom stereocenters. The summed E-state index contributed by atoms with van der Waals surface area (Å²) in [5, 5.41) is 3.61. The Labute approximate surface area is 92.1 Å². The van der Waals surface area contributed by atoms with Crippen molar-refractivity contribution in [1.82, 2.24) is 4.98 Å². The van der Waals surface area contributed by atoms with Crippen LogP contribution in [-0.2, 0) is 0 Å². The zero-order valence-electron chi connectivity index (χ0n) is 9.66. The molecule has 1 N–H and O–H groups in total. The van der Waals surface area contributed by atoms with E-state index in [4.69, 9.17) is 0 Å². The number of aryl methyl sites for hydroxylation is 1. The van der Waals surface area contributed by atoms with Crippen LogP contribution in [0.1, 0.15) is 38.3 Å². The lowest BCUT2D eigenvalue weighted by Gasteiger charge is -2.20. The van der Waals surface area contributed by atoms with Crippen molar-refractivity contribution in [2.45, 2.75) is 45.6 Å². The predicted octanol–water partition coefficient (Wildman–Crippen LogP) is 3.38. The summed E-state index contributed by atoms with van der Waals surface area (Å²) < 4.78 is 0. The average Bonchev–Trinajstić information content (AvgIpc) is 2.69. The highest BCUT2D eigenvalue weighted by Crippen LogP contribution is 2.30. The molecule has 15 heavy (non-hydrogen) atoms. The molecule has 0 aliphatic heterocycles. The van der Waals surface area contributed by atoms with Crippen molar-refractivity contribution in [2.24, 2.45) is 5.92 Å². The normalized spacial score (nSPS) is 25.5. The zero-order chi connectivity index (χ0) is 10.7. The minimum absolute atomic E-state index is 0.666. The third-order valence-electron chi connectivity index (χ3n) is 3.45. The van der Waals surface area contributed by atoms with Gasteiger partial charge in [0.2, 0.25) is 0 Å². The van der Waals surface area contributed by atoms with Gasteiger partial charge in [-0.2, -0.15) is 0 Å². The predicted molar refractivity (Wildman–Crippen MR) is 64.0 cm³/mol. The van der Waals surface area contributed by atoms with E-state index in [0.717, 1.165) is 11.6 Å². The first kappa shape index (κ1) is 10.5. The molecule has 1 aliphatic carbocycles. The Morgan fingerprint density at radius 2 is 2.27 bits per heavy atom. The first-order valence-corrected chi connectivity index (χ1v) is 5.99. The second-order valence-corrected chi connectivity index (χ2v) is 4.54. The van der Waals surface area contributed by atoms with Gasteiger partial charge in [0.25, 0.3) is 0 Å². The molecule has 2 heteroatoms. The van der Waals surface area contributed by atoms with Gasteiger partial charge < -0.3 is 5.32 Å². The summed E-state index contributed by atoms with van der Waals surface area (Å²) in [6, 6.07) is 4.87. The van der Waals surface area contributed by atoms with E-state index in [-0.39, 0.29) is 0 Å². The Kier molecular flexibility index (Phi) is 3.24. The fraction of sp³-hybridized carbons (Fsp3) is 0.615. The fourth-order valence-corrected chi connectivity index (χ4v) is 2.48. The van der Waals surface area contributed by atoms with E-state index < -0.39 is 0 Å². The van der Waals surface area contributed by atoms with Gasteiger partial charge in [-0.3, -0.25) is 4.98 Å². The van der Waals surface area contributed by atoms with E-state index in [1.54, 1.807) is 0 Å². The van der Waals surface area contributed by atoms with Crippen LogP contribution in [-0.4, -0.2) is 11.0 Å². The topological polar surface area (TPSA) is 24.9 Å². The lowest BCUT2D eigenvalue weighted by molar-refractivity contribution is 0.489. The summed E-state index contributed by atoms with van der Waals surface area (Å²) in [4.78, 5) is 4.31. The van der Waals surface area contributed by atoms with Crippen molar-refractivity contribution in [3.63, 3.8) is 0 Å². The summed E-state index contributed by atoms with van der Waals surface area (Å²) in [5.74, 6) is 0.853. The molecule has 1 fully saturated rings. The molecule has 1 aromatic rings. The highest BCUT2D eigenvalue weighted by atomic mass is 14.9. The number of pyridine rings is 1. The van der Waals surface area contributed by atoms with Gasteiger partial charge in [0, 0.05) is 11.7 Å². The number of anilines is 1. The first-order chi connectivity index (χ1) is 7.29. The van der Waals surface area contributed by atoms with Gasteiger partial charge in [-0.05, 0) is 37.8 Å². The molecule has 2 nitrogen and oxygen atoms in total. The van der Waals surface area contributed by atoms with Crippen LogP contribution < -0.4 is 5.32 Å². The number of rotatable bonds is 3. The maximum atomic E-state index is 4.31. The molecule has 1 aromatic heterocycles. The Hall–Kier alpha value is -1.05. The molecule has 0 spiro atoms. The van der Waals surface area contributed by atoms with Gasteiger partial charge in [-0.15, -0.1) is 0 Å². The summed E-state index contributed by atoms with van der Waals surface area (Å²) in [7, 11) is 0. The minimum Gasteiger partial charge on any atom is -0.381 e. The lowest BCUT2D eigenvalue weighted by Crippen LogP contribution is -2.23. The highest BCUT2D eigenvalue weighted by molar-refractivity contribution is 5.42. The van der Waals surface area contributed by atoms with Crippen LogP contribution >= 0.6 is 0 Å². The van der Waals surface area contributed by atoms with Crippen LogP contribution in [0, 0.1) is 12.8 Å². The number of nitrogens with zero attached hydrogens (tertiary/aromatic N) is 1. The number of hydrogen-bond acceptors (Lipinski definition) is 2. The number of nitrogens with one attached hydrogen (secondary N) is 1. The van der Waals surface area contributed by atoms with Crippen LogP contribution in [0.25, 0.3) is 0 Å². The molecule has 0 bridgehead atoms. The van der Waals surface area contributed by atoms with Crippen LogP contribution in [0.4, 0.5) is 5.69 Å². The van der Waals surface area contributed by atoms with Crippen LogP contribution in [0.2, 0.25) is 0 Å². The van der Waals surface area contributed by atoms with E-state index in [1.165, 1.54) is 31.4 Å². The van der Waals surface area contributed by atoms with Crippen LogP contribution in [0.5, 0.6) is 0 Å². The second kappa shape index (κ2) is 4.65. The van der Waals surface area contributed by atoms with Crippen molar-refractivity contribution in [1.29, 1.82) is 0 Å². The first-order valence-electron chi connectivity index (χ1n) is 5.99. The number of hydrogen-bond donors (Lipinski definition) is 1. The van der Waals surface area contributed by atoms with Gasteiger partial charge in [0.05, 0.1) is 11.9 Å². The standard InChI is InChI=1S/C13H20N2/c1-3-11-5-4-6-13(11)15-12-8-7-10(2)14-9-12/h7-9,11,13,15H,3-6H2,1-2H3. The molecule has 1 saturated carbocycles. The van der Waals surface area contributed by atoms with Gasteiger partial charge in [0.1, 0.15) is 0 Å². The van der Waals surface area contributed by atoms with Gasteiger partial charge in [-0.1, -0.05) is 19.8 Å². The van der Waals surface area contributed by atoms with Crippen molar-refractivity contribution >= 4 is 5.69 Å². The molecule has 82 valence electrons. The van der Waals surface area contributed by atoms with Gasteiger partial charge in [-0.25, -0.2) is 0 Å². The van der Waals surface area contributed by atoms with E-state index >= 15 is 0 Å². The summed E-state index contributed by atoms with van der Waals surface area (Å²) in [6.45, 7) is 4.31. The third kappa shape index (κ3) is 2.49. The summed E-state index contributed by atoms with van der Waals surface area (Å²) in [5.41, 5.74) is 2.25. The Morgan fingerprint density at radius 3 is 2.93 bits per heavy atom. The summed E-state index contributed by atoms with van der Waals surface area (Å²) >= 11 is 0. The molecule has 0 aromatic carbocycles. The lowest BCUT2D eigenvalue weighted by atomic mass is 10.0. The van der Waals surface area contributed by atoms with Crippen molar-refractivity contribution in [3.8, 4) is 0 Å². The average molecular weight is 204 g/mol. The third-order valence-corrected chi connectivity index (χ3v) is 3.45. The van der Waals surface area contributed by atoms with E-state index in [1.807, 2.05) is 13.1 Å². The van der Waals surface area contributed by atoms with Gasteiger partial charge >= 0.3 is 0 Å². The molecule has 1 aliphatic rings. The van der Waals surface area contributed by atoms with Crippen molar-refractivity contribution in [3.05, 3.63) is 24.0 Å². The minimum atomic E-state index is 0.666. The van der Waals surface area contributed by atoms with Crippen molar-refractivity contribution < 1.29 is 0 Å². The molecule has 2 atom stereocenters. The SMILES string of the molecule is CCC1CCCC1Nc1ccc(C)nc1. The fourth-order valence-electron chi connectivity index (χ4n) is 2.48. The monoisotopic (exact) mass is 204 g/mol. The van der Waals surface area contributed by atoms with Crippen LogP contribution in [0.3, 0.4) is 0 Å². The quantitative estimate of drug-likeness (QED) is 0.816. The number of aromatic nitrogens is 1. The summed E-state index contributed by atoms with van der Waals surface area (Å²) in [6.07, 6.45) is 7.30. The van der Waals surface area contributed by atoms with E-state index in [9.17, 15) is 0 Å². The van der Waals surface area contributed by atoms with E-state index in [2.05, 4.69) is 29.4 Å². The maximum Gasteiger partial charge on any atom is 0.0529 e. The molecule has 0 amide bonds. The Bertz CT molecular complexity index is 305. The molecular weight excluding hydrogens is 184 g/mol. The molecular formula is C13H20N2. The largest absolute Gasteiger partial charge is 0.381 e. The smallest absolute Gasteiger partial charge is 0.0529 e. The second-order valence-electron chi connectivity index (χ2n) is 4.54. The van der Waals surface area contributed by atoms with Crippen LogP contribution in [0.15, 0.2) is 18.3 Å². The van der Waals surface area contributed by atoms with Gasteiger partial charge in [0.15, 0.2) is 0 Å². The van der Waals surface area contributed by atoms with E-state index in [0.29, 0.717) is 6.04 Å². The Balaban J connectivity index is 1.99. The highest BCUT2D eigenvalue weighted by Gasteiger charge is 2.25.